The van der Waals surface area contributed by atoms with Crippen LogP contribution in [-0.4, -0.2) is 21.0 Å². The van der Waals surface area contributed by atoms with Gasteiger partial charge in [0.05, 0.1) is 11.0 Å². The highest BCUT2D eigenvalue weighted by Crippen LogP contribution is 2.34. The summed E-state index contributed by atoms with van der Waals surface area (Å²) in [6.45, 7) is 7.47. The quantitative estimate of drug-likeness (QED) is 0.671. The minimum atomic E-state index is -0.538. The van der Waals surface area contributed by atoms with Gasteiger partial charge in [-0.2, -0.15) is 4.98 Å². The van der Waals surface area contributed by atoms with Crippen LogP contribution < -0.4 is 10.1 Å². The van der Waals surface area contributed by atoms with Gasteiger partial charge >= 0.3 is 5.69 Å². The van der Waals surface area contributed by atoms with Gasteiger partial charge in [-0.1, -0.05) is 17.7 Å². The summed E-state index contributed by atoms with van der Waals surface area (Å²) in [5.41, 5.74) is 2.57. The number of aromatic nitrogens is 2. The molecule has 0 aliphatic heterocycles. The Morgan fingerprint density at radius 1 is 1.27 bits per heavy atom. The molecule has 0 saturated heterocycles. The molecular weight excluding hydrogens is 284 g/mol. The van der Waals surface area contributed by atoms with Gasteiger partial charge in [-0.3, -0.25) is 10.1 Å². The van der Waals surface area contributed by atoms with Crippen molar-refractivity contribution < 1.29 is 9.66 Å². The lowest BCUT2D eigenvalue weighted by Gasteiger charge is -2.12. The second-order valence-corrected chi connectivity index (χ2v) is 5.24. The topological polar surface area (TPSA) is 90.2 Å². The maximum atomic E-state index is 11.4. The van der Waals surface area contributed by atoms with Crippen LogP contribution in [0.15, 0.2) is 24.5 Å². The van der Waals surface area contributed by atoms with Gasteiger partial charge in [-0.05, 0) is 39.3 Å². The molecule has 1 aromatic carbocycles. The van der Waals surface area contributed by atoms with Crippen molar-refractivity contribution in [1.82, 2.24) is 9.97 Å². The molecule has 2 rings (SSSR count). The van der Waals surface area contributed by atoms with E-state index in [1.165, 1.54) is 6.33 Å². The molecule has 7 heteroatoms. The van der Waals surface area contributed by atoms with Gasteiger partial charge in [-0.25, -0.2) is 4.98 Å². The van der Waals surface area contributed by atoms with Crippen LogP contribution in [0.3, 0.4) is 0 Å². The maximum absolute atomic E-state index is 11.4. The smallest absolute Gasteiger partial charge is 0.373 e. The van der Waals surface area contributed by atoms with Crippen LogP contribution in [0.25, 0.3) is 0 Å². The normalized spacial score (nSPS) is 10.6. The van der Waals surface area contributed by atoms with Crippen molar-refractivity contribution in [2.75, 3.05) is 5.32 Å². The Bertz CT molecular complexity index is 701. The summed E-state index contributed by atoms with van der Waals surface area (Å²) < 4.78 is 5.40. The largest absolute Gasteiger partial charge is 0.470 e. The predicted octanol–water partition coefficient (Wildman–Crippen LogP) is 3.53. The molecule has 0 amide bonds. The summed E-state index contributed by atoms with van der Waals surface area (Å²) in [5.74, 6) is 0.0740. The van der Waals surface area contributed by atoms with E-state index in [-0.39, 0.29) is 23.5 Å². The molecule has 1 aromatic heterocycles. The summed E-state index contributed by atoms with van der Waals surface area (Å²) >= 11 is 0. The zero-order valence-electron chi connectivity index (χ0n) is 13.0. The van der Waals surface area contributed by atoms with E-state index in [2.05, 4.69) is 15.3 Å². The average Bonchev–Trinajstić information content (AvgIpc) is 2.41. The first kappa shape index (κ1) is 15.7. The lowest BCUT2D eigenvalue weighted by Crippen LogP contribution is -2.11. The number of anilines is 2. The van der Waals surface area contributed by atoms with Gasteiger partial charge in [0.25, 0.3) is 5.88 Å². The van der Waals surface area contributed by atoms with E-state index in [1.807, 2.05) is 32.0 Å². The molecule has 0 spiro atoms. The Morgan fingerprint density at radius 2 is 2.00 bits per heavy atom. The first-order chi connectivity index (χ1) is 10.4. The standard InChI is InChI=1S/C15H18N4O3/c1-9(2)22-15-13(19(20)21)14(16-8-17-15)18-12-6-5-10(3)7-11(12)4/h5-9H,1-4H3,(H,16,17,18). The molecule has 0 aliphatic rings. The first-order valence-electron chi connectivity index (χ1n) is 6.88. The van der Waals surface area contributed by atoms with Gasteiger partial charge in [0.2, 0.25) is 5.82 Å². The number of ether oxygens (including phenoxy) is 1. The highest BCUT2D eigenvalue weighted by atomic mass is 16.6. The summed E-state index contributed by atoms with van der Waals surface area (Å²) in [6.07, 6.45) is 1.03. The molecule has 2 aromatic rings. The highest BCUT2D eigenvalue weighted by Gasteiger charge is 2.25. The average molecular weight is 302 g/mol. The van der Waals surface area contributed by atoms with E-state index in [4.69, 9.17) is 4.74 Å². The molecule has 7 nitrogen and oxygen atoms in total. The fraction of sp³-hybridized carbons (Fsp3) is 0.333. The Labute approximate surface area is 128 Å². The zero-order valence-corrected chi connectivity index (χ0v) is 13.0. The van der Waals surface area contributed by atoms with E-state index in [1.54, 1.807) is 13.8 Å². The van der Waals surface area contributed by atoms with Gasteiger partial charge in [0, 0.05) is 5.69 Å². The monoisotopic (exact) mass is 302 g/mol. The number of hydrogen-bond donors (Lipinski definition) is 1. The third kappa shape index (κ3) is 3.49. The molecule has 0 saturated carbocycles. The molecule has 116 valence electrons. The van der Waals surface area contributed by atoms with Gasteiger partial charge in [0.15, 0.2) is 0 Å². The number of benzene rings is 1. The zero-order chi connectivity index (χ0) is 16.3. The van der Waals surface area contributed by atoms with E-state index in [0.717, 1.165) is 16.8 Å². The third-order valence-electron chi connectivity index (χ3n) is 2.95. The highest BCUT2D eigenvalue weighted by molar-refractivity contribution is 5.70. The van der Waals surface area contributed by atoms with E-state index < -0.39 is 4.92 Å². The van der Waals surface area contributed by atoms with Gasteiger partial charge in [0.1, 0.15) is 6.33 Å². The minimum Gasteiger partial charge on any atom is -0.470 e. The fourth-order valence-electron chi connectivity index (χ4n) is 2.01. The van der Waals surface area contributed by atoms with Crippen LogP contribution in [0.5, 0.6) is 5.88 Å². The van der Waals surface area contributed by atoms with Crippen LogP contribution in [0.2, 0.25) is 0 Å². The molecule has 22 heavy (non-hydrogen) atoms. The number of nitrogens with one attached hydrogen (secondary N) is 1. The van der Waals surface area contributed by atoms with Crippen molar-refractivity contribution in [2.24, 2.45) is 0 Å². The van der Waals surface area contributed by atoms with E-state index in [9.17, 15) is 10.1 Å². The second-order valence-electron chi connectivity index (χ2n) is 5.24. The van der Waals surface area contributed by atoms with Crippen LogP contribution in [0, 0.1) is 24.0 Å². The van der Waals surface area contributed by atoms with Crippen molar-refractivity contribution >= 4 is 17.2 Å². The van der Waals surface area contributed by atoms with E-state index >= 15 is 0 Å². The number of nitrogens with zero attached hydrogens (tertiary/aromatic N) is 3. The lowest BCUT2D eigenvalue weighted by atomic mass is 10.1. The number of aryl methyl sites for hydroxylation is 2. The van der Waals surface area contributed by atoms with Crippen LogP contribution in [0.1, 0.15) is 25.0 Å². The SMILES string of the molecule is Cc1ccc(Nc2ncnc(OC(C)C)c2[N+](=O)[O-])c(C)c1. The molecule has 0 radical (unpaired) electrons. The summed E-state index contributed by atoms with van der Waals surface area (Å²) in [5, 5.41) is 14.3. The molecule has 0 atom stereocenters. The number of hydrogen-bond acceptors (Lipinski definition) is 6. The summed E-state index contributed by atoms with van der Waals surface area (Å²) in [7, 11) is 0. The predicted molar refractivity (Wildman–Crippen MR) is 83.6 cm³/mol. The first-order valence-corrected chi connectivity index (χ1v) is 6.88. The van der Waals surface area contributed by atoms with Crippen LogP contribution >= 0.6 is 0 Å². The van der Waals surface area contributed by atoms with Crippen LogP contribution in [-0.2, 0) is 0 Å². The van der Waals surface area contributed by atoms with Crippen molar-refractivity contribution in [3.05, 3.63) is 45.8 Å². The summed E-state index contributed by atoms with van der Waals surface area (Å²) in [6, 6.07) is 5.77. The molecule has 1 N–H and O–H groups in total. The van der Waals surface area contributed by atoms with Crippen molar-refractivity contribution in [3.63, 3.8) is 0 Å². The number of rotatable bonds is 5. The summed E-state index contributed by atoms with van der Waals surface area (Å²) in [4.78, 5) is 18.7. The molecule has 0 bridgehead atoms. The Morgan fingerprint density at radius 3 is 2.59 bits per heavy atom. The minimum absolute atomic E-state index is 0.0396. The Hall–Kier alpha value is -2.70. The second kappa shape index (κ2) is 6.38. The lowest BCUT2D eigenvalue weighted by molar-refractivity contribution is -0.385. The molecule has 1 heterocycles. The Kier molecular flexibility index (Phi) is 4.55. The van der Waals surface area contributed by atoms with Crippen molar-refractivity contribution in [2.45, 2.75) is 33.8 Å². The van der Waals surface area contributed by atoms with Crippen molar-refractivity contribution in [1.29, 1.82) is 0 Å². The fourth-order valence-corrected chi connectivity index (χ4v) is 2.01. The van der Waals surface area contributed by atoms with Crippen molar-refractivity contribution in [3.8, 4) is 5.88 Å². The van der Waals surface area contributed by atoms with Gasteiger partial charge < -0.3 is 10.1 Å². The maximum Gasteiger partial charge on any atom is 0.373 e. The third-order valence-corrected chi connectivity index (χ3v) is 2.95. The van der Waals surface area contributed by atoms with Gasteiger partial charge in [-0.15, -0.1) is 0 Å². The van der Waals surface area contributed by atoms with Crippen LogP contribution in [0.4, 0.5) is 17.2 Å². The molecule has 0 aliphatic carbocycles. The Balaban J connectivity index is 2.44. The molecule has 0 fully saturated rings. The molecular formula is C15H18N4O3. The number of nitro groups is 1. The molecule has 0 unspecified atom stereocenters. The van der Waals surface area contributed by atoms with E-state index in [0.29, 0.717) is 0 Å².